The van der Waals surface area contributed by atoms with Gasteiger partial charge in [-0.25, -0.2) is 0 Å². The maximum absolute atomic E-state index is 7.84. The van der Waals surface area contributed by atoms with Crippen LogP contribution in [0.25, 0.3) is 0 Å². The van der Waals surface area contributed by atoms with Gasteiger partial charge in [0.1, 0.15) is 5.84 Å². The molecular weight excluding hydrogens is 258 g/mol. The van der Waals surface area contributed by atoms with Crippen molar-refractivity contribution < 1.29 is 0 Å². The van der Waals surface area contributed by atoms with Crippen LogP contribution in [0.4, 0.5) is 5.69 Å². The van der Waals surface area contributed by atoms with Gasteiger partial charge in [-0.1, -0.05) is 35.9 Å². The fraction of sp³-hybridized carbons (Fsp3) is 0.278. The first-order chi connectivity index (χ1) is 10.1. The van der Waals surface area contributed by atoms with Gasteiger partial charge in [-0.2, -0.15) is 0 Å². The molecule has 2 aromatic carbocycles. The lowest BCUT2D eigenvalue weighted by Crippen LogP contribution is -2.26. The van der Waals surface area contributed by atoms with Crippen molar-refractivity contribution >= 4 is 11.5 Å². The van der Waals surface area contributed by atoms with Crippen LogP contribution in [0.5, 0.6) is 0 Å². The predicted octanol–water partition coefficient (Wildman–Crippen LogP) is 3.23. The normalized spacial score (nSPS) is 14.4. The molecule has 0 fully saturated rings. The largest absolute Gasteiger partial charge is 0.384 e. The molecule has 21 heavy (non-hydrogen) atoms. The van der Waals surface area contributed by atoms with Gasteiger partial charge in [0.05, 0.1) is 0 Å². The molecule has 3 nitrogen and oxygen atoms in total. The second kappa shape index (κ2) is 5.60. The smallest absolute Gasteiger partial charge is 0.124 e. The number of nitrogens with zero attached hydrogens (tertiary/aromatic N) is 1. The summed E-state index contributed by atoms with van der Waals surface area (Å²) >= 11 is 0. The molecule has 1 aliphatic rings. The van der Waals surface area contributed by atoms with E-state index in [4.69, 9.17) is 11.1 Å². The van der Waals surface area contributed by atoms with Gasteiger partial charge in [0, 0.05) is 24.3 Å². The van der Waals surface area contributed by atoms with Crippen LogP contribution < -0.4 is 10.6 Å². The van der Waals surface area contributed by atoms with Gasteiger partial charge in [-0.15, -0.1) is 0 Å². The first kappa shape index (κ1) is 13.7. The van der Waals surface area contributed by atoms with Gasteiger partial charge in [0.2, 0.25) is 0 Å². The Morgan fingerprint density at radius 3 is 2.67 bits per heavy atom. The maximum atomic E-state index is 7.84. The van der Waals surface area contributed by atoms with E-state index in [-0.39, 0.29) is 5.84 Å². The van der Waals surface area contributed by atoms with E-state index < -0.39 is 0 Å². The average molecular weight is 279 g/mol. The zero-order chi connectivity index (χ0) is 14.8. The number of nitrogens with two attached hydrogens (primary N) is 1. The molecule has 0 saturated heterocycles. The molecule has 3 heteroatoms. The lowest BCUT2D eigenvalue weighted by Gasteiger charge is -2.26. The maximum Gasteiger partial charge on any atom is 0.124 e. The monoisotopic (exact) mass is 279 g/mol. The number of nitrogen functional groups attached to an aromatic ring is 1. The van der Waals surface area contributed by atoms with Crippen LogP contribution in [0.15, 0.2) is 42.5 Å². The highest BCUT2D eigenvalue weighted by atomic mass is 15.1. The summed E-state index contributed by atoms with van der Waals surface area (Å²) in [7, 11) is 0. The molecule has 0 spiro atoms. The van der Waals surface area contributed by atoms with E-state index in [0.29, 0.717) is 0 Å². The number of rotatable bonds is 2. The van der Waals surface area contributed by atoms with Crippen molar-refractivity contribution in [1.82, 2.24) is 0 Å². The van der Waals surface area contributed by atoms with Crippen LogP contribution >= 0.6 is 0 Å². The lowest BCUT2D eigenvalue weighted by atomic mass is 10.0. The highest BCUT2D eigenvalue weighted by Gasteiger charge is 2.17. The van der Waals surface area contributed by atoms with E-state index in [0.717, 1.165) is 42.7 Å². The number of hydrogen-bond donors (Lipinski definition) is 2. The summed E-state index contributed by atoms with van der Waals surface area (Å²) in [5.74, 6) is 0.145. The number of anilines is 1. The molecule has 1 aliphatic heterocycles. The van der Waals surface area contributed by atoms with Gasteiger partial charge in [0.15, 0.2) is 0 Å². The molecule has 0 unspecified atom stereocenters. The molecule has 0 bridgehead atoms. The Balaban J connectivity index is 2.00. The third-order valence-electron chi connectivity index (χ3n) is 4.14. The summed E-state index contributed by atoms with van der Waals surface area (Å²) in [5, 5.41) is 7.84. The van der Waals surface area contributed by atoms with E-state index in [1.165, 1.54) is 11.1 Å². The predicted molar refractivity (Wildman–Crippen MR) is 88.0 cm³/mol. The van der Waals surface area contributed by atoms with Crippen LogP contribution in [-0.2, 0) is 13.0 Å². The standard InChI is InChI=1S/C18H21N3/c1-13-8-9-17(16(11-13)18(19)20)21-10-4-7-14-5-2-3-6-15(14)12-21/h2-3,5-6,8-9,11H,4,7,10,12H2,1H3,(H3,19,20). The molecular formula is C18H21N3. The minimum Gasteiger partial charge on any atom is -0.384 e. The first-order valence-electron chi connectivity index (χ1n) is 7.42. The second-order valence-corrected chi connectivity index (χ2v) is 5.73. The summed E-state index contributed by atoms with van der Waals surface area (Å²) in [5.41, 5.74) is 11.7. The van der Waals surface area contributed by atoms with Crippen molar-refractivity contribution in [1.29, 1.82) is 5.41 Å². The zero-order valence-corrected chi connectivity index (χ0v) is 12.4. The molecule has 1 heterocycles. The van der Waals surface area contributed by atoms with Crippen LogP contribution in [0.3, 0.4) is 0 Å². The van der Waals surface area contributed by atoms with E-state index in [1.54, 1.807) is 0 Å². The van der Waals surface area contributed by atoms with E-state index >= 15 is 0 Å². The molecule has 108 valence electrons. The summed E-state index contributed by atoms with van der Waals surface area (Å²) in [6.45, 7) is 3.92. The fourth-order valence-corrected chi connectivity index (χ4v) is 3.05. The molecule has 0 aromatic heterocycles. The molecule has 0 radical (unpaired) electrons. The van der Waals surface area contributed by atoms with Gasteiger partial charge in [-0.05, 0) is 43.0 Å². The average Bonchev–Trinajstić information content (AvgIpc) is 2.69. The molecule has 0 aliphatic carbocycles. The molecule has 2 aromatic rings. The Labute approximate surface area is 125 Å². The molecule has 0 saturated carbocycles. The Kier molecular flexibility index (Phi) is 3.65. The number of aryl methyl sites for hydroxylation is 2. The first-order valence-corrected chi connectivity index (χ1v) is 7.42. The van der Waals surface area contributed by atoms with Crippen molar-refractivity contribution in [3.63, 3.8) is 0 Å². The summed E-state index contributed by atoms with van der Waals surface area (Å²) in [6, 6.07) is 14.8. The van der Waals surface area contributed by atoms with Crippen molar-refractivity contribution in [3.8, 4) is 0 Å². The third kappa shape index (κ3) is 2.77. The number of nitrogens with one attached hydrogen (secondary N) is 1. The Morgan fingerprint density at radius 1 is 1.14 bits per heavy atom. The zero-order valence-electron chi connectivity index (χ0n) is 12.4. The molecule has 3 N–H and O–H groups in total. The summed E-state index contributed by atoms with van der Waals surface area (Å²) < 4.78 is 0. The molecule has 0 atom stereocenters. The van der Waals surface area contributed by atoms with Crippen LogP contribution in [0.2, 0.25) is 0 Å². The lowest BCUT2D eigenvalue weighted by molar-refractivity contribution is 0.765. The Hall–Kier alpha value is -2.29. The Bertz CT molecular complexity index is 676. The van der Waals surface area contributed by atoms with E-state index in [9.17, 15) is 0 Å². The van der Waals surface area contributed by atoms with Crippen LogP contribution in [0, 0.1) is 12.3 Å². The van der Waals surface area contributed by atoms with Crippen LogP contribution in [-0.4, -0.2) is 12.4 Å². The second-order valence-electron chi connectivity index (χ2n) is 5.73. The highest BCUT2D eigenvalue weighted by Crippen LogP contribution is 2.27. The minimum atomic E-state index is 0.145. The molecule has 0 amide bonds. The Morgan fingerprint density at radius 2 is 1.90 bits per heavy atom. The summed E-state index contributed by atoms with van der Waals surface area (Å²) in [4.78, 5) is 2.35. The molecule has 3 rings (SSSR count). The minimum absolute atomic E-state index is 0.145. The fourth-order valence-electron chi connectivity index (χ4n) is 3.05. The summed E-state index contributed by atoms with van der Waals surface area (Å²) in [6.07, 6.45) is 2.25. The van der Waals surface area contributed by atoms with Crippen molar-refractivity contribution in [2.45, 2.75) is 26.3 Å². The van der Waals surface area contributed by atoms with Gasteiger partial charge >= 0.3 is 0 Å². The van der Waals surface area contributed by atoms with E-state index in [1.807, 2.05) is 13.0 Å². The topological polar surface area (TPSA) is 53.1 Å². The number of amidine groups is 1. The van der Waals surface area contributed by atoms with Gasteiger partial charge in [-0.3, -0.25) is 5.41 Å². The van der Waals surface area contributed by atoms with Gasteiger partial charge < -0.3 is 10.6 Å². The quantitative estimate of drug-likeness (QED) is 0.655. The number of hydrogen-bond acceptors (Lipinski definition) is 2. The number of benzene rings is 2. The van der Waals surface area contributed by atoms with Crippen LogP contribution in [0.1, 0.15) is 28.7 Å². The van der Waals surface area contributed by atoms with E-state index in [2.05, 4.69) is 41.3 Å². The number of fused-ring (bicyclic) bond motifs is 1. The highest BCUT2D eigenvalue weighted by molar-refractivity contribution is 6.00. The SMILES string of the molecule is Cc1ccc(N2CCCc3ccccc3C2)c(C(=N)N)c1. The third-order valence-corrected chi connectivity index (χ3v) is 4.14. The van der Waals surface area contributed by atoms with Gasteiger partial charge in [0.25, 0.3) is 0 Å². The van der Waals surface area contributed by atoms with Crippen molar-refractivity contribution in [2.75, 3.05) is 11.4 Å². The van der Waals surface area contributed by atoms with Crippen molar-refractivity contribution in [3.05, 3.63) is 64.7 Å². The van der Waals surface area contributed by atoms with Crippen molar-refractivity contribution in [2.24, 2.45) is 5.73 Å².